The lowest BCUT2D eigenvalue weighted by Crippen LogP contribution is -2.60. The number of carbonyl (C=O) groups excluding carboxylic acids is 9. The van der Waals surface area contributed by atoms with Crippen LogP contribution in [-0.2, 0) is 47.9 Å². The fourth-order valence-electron chi connectivity index (χ4n) is 7.68. The number of hydrogen-bond acceptors (Lipinski definition) is 14. The Hall–Kier alpha value is -5.46. The summed E-state index contributed by atoms with van der Waals surface area (Å²) < 4.78 is 0. The van der Waals surface area contributed by atoms with Crippen molar-refractivity contribution in [1.82, 2.24) is 47.9 Å². The van der Waals surface area contributed by atoms with Crippen molar-refractivity contribution in [2.45, 2.75) is 186 Å². The quantitative estimate of drug-likeness (QED) is 0.0420. The zero-order chi connectivity index (χ0) is 52.8. The van der Waals surface area contributed by atoms with Crippen molar-refractivity contribution in [3.05, 3.63) is 0 Å². The molecule has 18 N–H and O–H groups in total. The van der Waals surface area contributed by atoms with Gasteiger partial charge in [0, 0.05) is 13.0 Å². The van der Waals surface area contributed by atoms with Gasteiger partial charge in [0.05, 0.1) is 6.42 Å². The number of carbonyl (C=O) groups is 10. The summed E-state index contributed by atoms with van der Waals surface area (Å²) in [5.74, 6) is -9.11. The summed E-state index contributed by atoms with van der Waals surface area (Å²) in [5.41, 5.74) is 23.3. The van der Waals surface area contributed by atoms with Gasteiger partial charge in [-0.25, -0.2) is 0 Å². The van der Waals surface area contributed by atoms with E-state index in [4.69, 9.17) is 22.9 Å². The number of carboxylic acid groups (broad SMARTS) is 1. The van der Waals surface area contributed by atoms with Gasteiger partial charge < -0.3 is 75.9 Å². The van der Waals surface area contributed by atoms with Gasteiger partial charge in [0.15, 0.2) is 0 Å². The molecule has 400 valence electrons. The van der Waals surface area contributed by atoms with Crippen molar-refractivity contribution in [2.75, 3.05) is 32.7 Å². The summed E-state index contributed by atoms with van der Waals surface area (Å²) in [4.78, 5) is 136. The lowest BCUT2D eigenvalue weighted by atomic mass is 9.99. The number of hydrogen-bond donors (Lipinski definition) is 14. The van der Waals surface area contributed by atoms with Crippen molar-refractivity contribution >= 4 is 59.1 Å². The molecule has 1 saturated heterocycles. The first-order valence-electron chi connectivity index (χ1n) is 24.9. The third-order valence-corrected chi connectivity index (χ3v) is 11.4. The summed E-state index contributed by atoms with van der Waals surface area (Å²) in [6.45, 7) is 8.57. The number of unbranched alkanes of at least 4 members (excludes halogenated alkanes) is 6. The van der Waals surface area contributed by atoms with Gasteiger partial charge in [-0.05, 0) is 89.4 Å². The van der Waals surface area contributed by atoms with Gasteiger partial charge in [0.2, 0.25) is 53.2 Å². The van der Waals surface area contributed by atoms with Crippen LogP contribution >= 0.6 is 0 Å². The SMILES string of the molecule is CCCCCCCCCC(=O)N[C@H](CCN)C(=O)N[C@H]1CCNC(=O)[C@H](CC(=O)O)NC(=O)[C@H](CCN)NC(=O)[C@H](CCN)NC(=O)[C@H](CC(C)C)NC(=O)[C@@H](CC(C)C)NC(=O)[C@H](CCN)NC1=O. The third kappa shape index (κ3) is 24.9. The Kier molecular flexibility index (Phi) is 31.1. The molecule has 0 aliphatic carbocycles. The fourth-order valence-corrected chi connectivity index (χ4v) is 7.68. The molecule has 0 aromatic carbocycles. The highest BCUT2D eigenvalue weighted by Crippen LogP contribution is 2.12. The number of rotatable bonds is 25. The topological polar surface area (TPSA) is 403 Å². The summed E-state index contributed by atoms with van der Waals surface area (Å²) in [7, 11) is 0. The Morgan fingerprint density at radius 2 is 0.986 bits per heavy atom. The van der Waals surface area contributed by atoms with Crippen LogP contribution in [0, 0.1) is 11.8 Å². The maximum atomic E-state index is 14.2. The number of carboxylic acids is 1. The Bertz CT molecular complexity index is 1700. The van der Waals surface area contributed by atoms with Crippen molar-refractivity contribution < 1.29 is 53.1 Å². The molecular weight excluding hydrogens is 911 g/mol. The first-order chi connectivity index (χ1) is 33.2. The Morgan fingerprint density at radius 1 is 0.571 bits per heavy atom. The van der Waals surface area contributed by atoms with E-state index in [0.717, 1.165) is 38.5 Å². The summed E-state index contributed by atoms with van der Waals surface area (Å²) in [6, 6.07) is -11.0. The Morgan fingerprint density at radius 3 is 1.41 bits per heavy atom. The molecule has 0 spiro atoms. The van der Waals surface area contributed by atoms with E-state index in [-0.39, 0.29) is 89.4 Å². The molecule has 1 rings (SSSR count). The van der Waals surface area contributed by atoms with Gasteiger partial charge in [0.25, 0.3) is 0 Å². The monoisotopic (exact) mass is 996 g/mol. The molecule has 0 aromatic heterocycles. The number of nitrogens with two attached hydrogens (primary N) is 4. The van der Waals surface area contributed by atoms with E-state index in [9.17, 15) is 53.1 Å². The maximum absolute atomic E-state index is 14.2. The van der Waals surface area contributed by atoms with E-state index in [2.05, 4.69) is 54.8 Å². The first kappa shape index (κ1) is 62.6. The molecule has 0 aromatic rings. The number of nitrogens with one attached hydrogen (secondary N) is 9. The van der Waals surface area contributed by atoms with Crippen molar-refractivity contribution in [2.24, 2.45) is 34.8 Å². The van der Waals surface area contributed by atoms with Gasteiger partial charge in [-0.15, -0.1) is 0 Å². The minimum Gasteiger partial charge on any atom is -0.481 e. The van der Waals surface area contributed by atoms with Gasteiger partial charge >= 0.3 is 5.97 Å². The van der Waals surface area contributed by atoms with Gasteiger partial charge in [0.1, 0.15) is 48.3 Å². The van der Waals surface area contributed by atoms with E-state index in [1.165, 1.54) is 0 Å². The summed E-state index contributed by atoms with van der Waals surface area (Å²) >= 11 is 0. The van der Waals surface area contributed by atoms with Crippen LogP contribution in [-0.4, -0.2) is 145 Å². The molecule has 70 heavy (non-hydrogen) atoms. The molecule has 0 unspecified atom stereocenters. The van der Waals surface area contributed by atoms with Gasteiger partial charge in [-0.3, -0.25) is 47.9 Å². The highest BCUT2D eigenvalue weighted by molar-refractivity contribution is 5.98. The highest BCUT2D eigenvalue weighted by atomic mass is 16.4. The molecular formula is C46H85N13O11. The molecule has 8 atom stereocenters. The lowest BCUT2D eigenvalue weighted by Gasteiger charge is -2.29. The highest BCUT2D eigenvalue weighted by Gasteiger charge is 2.35. The zero-order valence-electron chi connectivity index (χ0n) is 42.0. The average Bonchev–Trinajstić information content (AvgIpc) is 3.28. The van der Waals surface area contributed by atoms with Gasteiger partial charge in [-0.1, -0.05) is 73.1 Å². The van der Waals surface area contributed by atoms with Crippen LogP contribution in [0.15, 0.2) is 0 Å². The molecule has 0 radical (unpaired) electrons. The smallest absolute Gasteiger partial charge is 0.305 e. The minimum atomic E-state index is -1.72. The second-order valence-electron chi connectivity index (χ2n) is 18.7. The second-order valence-corrected chi connectivity index (χ2v) is 18.7. The molecule has 1 aliphatic rings. The molecule has 0 saturated carbocycles. The first-order valence-corrected chi connectivity index (χ1v) is 24.9. The Labute approximate surface area is 412 Å². The summed E-state index contributed by atoms with van der Waals surface area (Å²) in [6.07, 6.45) is 5.43. The number of aliphatic carboxylic acids is 1. The van der Waals surface area contributed by atoms with Crippen LogP contribution < -0.4 is 70.8 Å². The molecule has 0 bridgehead atoms. The molecule has 24 heteroatoms. The molecule has 1 fully saturated rings. The summed E-state index contributed by atoms with van der Waals surface area (Å²) in [5, 5.41) is 32.9. The van der Waals surface area contributed by atoms with Crippen LogP contribution in [0.3, 0.4) is 0 Å². The molecule has 24 nitrogen and oxygen atoms in total. The van der Waals surface area contributed by atoms with E-state index < -0.39 is 120 Å². The van der Waals surface area contributed by atoms with Crippen molar-refractivity contribution in [1.29, 1.82) is 0 Å². The Balaban J connectivity index is 3.78. The van der Waals surface area contributed by atoms with Crippen molar-refractivity contribution in [3.63, 3.8) is 0 Å². The van der Waals surface area contributed by atoms with E-state index in [0.29, 0.717) is 6.42 Å². The number of amides is 9. The fraction of sp³-hybridized carbons (Fsp3) is 0.783. The normalized spacial score (nSPS) is 23.2. The minimum absolute atomic E-state index is 0.00724. The maximum Gasteiger partial charge on any atom is 0.305 e. The van der Waals surface area contributed by atoms with Crippen LogP contribution in [0.1, 0.15) is 137 Å². The largest absolute Gasteiger partial charge is 0.481 e. The van der Waals surface area contributed by atoms with Crippen LogP contribution in [0.4, 0.5) is 0 Å². The zero-order valence-corrected chi connectivity index (χ0v) is 42.0. The van der Waals surface area contributed by atoms with Crippen LogP contribution in [0.5, 0.6) is 0 Å². The van der Waals surface area contributed by atoms with Crippen LogP contribution in [0.2, 0.25) is 0 Å². The average molecular weight is 996 g/mol. The van der Waals surface area contributed by atoms with Crippen molar-refractivity contribution in [3.8, 4) is 0 Å². The lowest BCUT2D eigenvalue weighted by molar-refractivity contribution is -0.141. The van der Waals surface area contributed by atoms with Crippen LogP contribution in [0.25, 0.3) is 0 Å². The second kappa shape index (κ2) is 34.8. The molecule has 1 heterocycles. The van der Waals surface area contributed by atoms with Gasteiger partial charge in [-0.2, -0.15) is 0 Å². The van der Waals surface area contributed by atoms with E-state index >= 15 is 0 Å². The third-order valence-electron chi connectivity index (χ3n) is 11.4. The predicted octanol–water partition coefficient (Wildman–Crippen LogP) is -2.51. The molecule has 1 aliphatic heterocycles. The van der Waals surface area contributed by atoms with E-state index in [1.807, 2.05) is 0 Å². The van der Waals surface area contributed by atoms with E-state index in [1.54, 1.807) is 27.7 Å². The molecule has 9 amide bonds. The standard InChI is InChI=1S/C46H85N13O11/c1-6-7-8-9-10-11-12-13-37(60)52-29(14-19-47)40(64)56-33-18-23-51-39(63)36(26-38(61)62)59-43(67)32(17-22-50)53-41(65)30(15-20-48)55-45(69)34(24-27(2)3)58-46(70)35(25-28(4)5)57-42(66)31(16-21-49)54-44(33)68/h27-36H,6-26,47-50H2,1-5H3,(H,51,63)(H,52,60)(H,53,65)(H,54,68)(H,55,69)(H,56,64)(H,57,66)(H,58,70)(H,59,67)(H,61,62)/t29-,30+,31+,32+,33+,34+,35-,36+/m1/s1. The predicted molar refractivity (Wildman–Crippen MR) is 262 cm³/mol.